The Bertz CT molecular complexity index is 1190. The van der Waals surface area contributed by atoms with Crippen LogP contribution >= 0.6 is 11.3 Å². The summed E-state index contributed by atoms with van der Waals surface area (Å²) >= 11 is 1.50. The number of amides is 1. The Kier molecular flexibility index (Phi) is 6.70. The lowest BCUT2D eigenvalue weighted by atomic mass is 10.1. The Morgan fingerprint density at radius 1 is 1.10 bits per heavy atom. The van der Waals surface area contributed by atoms with Crippen molar-refractivity contribution in [1.82, 2.24) is 4.57 Å². The molecule has 29 heavy (non-hydrogen) atoms. The summed E-state index contributed by atoms with van der Waals surface area (Å²) in [6.45, 7) is 6.90. The van der Waals surface area contributed by atoms with Gasteiger partial charge in [0.15, 0.2) is 14.6 Å². The Labute approximate surface area is 175 Å². The lowest BCUT2D eigenvalue weighted by Crippen LogP contribution is -2.16. The Morgan fingerprint density at radius 3 is 2.48 bits per heavy atom. The minimum atomic E-state index is -3.24. The zero-order chi connectivity index (χ0) is 21.0. The summed E-state index contributed by atoms with van der Waals surface area (Å²) in [5, 5.41) is 0. The number of carbonyl (C=O) groups is 1. The van der Waals surface area contributed by atoms with Crippen molar-refractivity contribution in [3.05, 3.63) is 64.0 Å². The molecule has 0 N–H and O–H groups in total. The van der Waals surface area contributed by atoms with Gasteiger partial charge in [-0.2, -0.15) is 4.99 Å². The second-order valence-electron chi connectivity index (χ2n) is 7.22. The molecule has 0 aliphatic carbocycles. The van der Waals surface area contributed by atoms with E-state index in [0.29, 0.717) is 4.80 Å². The van der Waals surface area contributed by atoms with Crippen molar-refractivity contribution in [3.63, 3.8) is 0 Å². The summed E-state index contributed by atoms with van der Waals surface area (Å²) in [4.78, 5) is 17.3. The number of sulfone groups is 1. The normalized spacial score (nSPS) is 12.6. The van der Waals surface area contributed by atoms with E-state index in [1.807, 2.05) is 29.7 Å². The van der Waals surface area contributed by atoms with Gasteiger partial charge in [0, 0.05) is 13.0 Å². The van der Waals surface area contributed by atoms with Crippen LogP contribution in [0.1, 0.15) is 36.5 Å². The SMILES string of the molecule is CCn1c(=NC(=O)CCCS(=O)(=O)Cc2ccccc2)sc2cc(C)c(C)cc21. The maximum atomic E-state index is 12.4. The van der Waals surface area contributed by atoms with Crippen LogP contribution in [0.2, 0.25) is 0 Å². The molecule has 0 radical (unpaired) electrons. The van der Waals surface area contributed by atoms with E-state index in [-0.39, 0.29) is 30.3 Å². The molecule has 0 fully saturated rings. The molecule has 7 heteroatoms. The van der Waals surface area contributed by atoms with Crippen molar-refractivity contribution in [2.45, 2.75) is 45.9 Å². The van der Waals surface area contributed by atoms with Gasteiger partial charge in [-0.05, 0) is 56.0 Å². The van der Waals surface area contributed by atoms with Crippen LogP contribution in [0.5, 0.6) is 0 Å². The number of hydrogen-bond acceptors (Lipinski definition) is 4. The van der Waals surface area contributed by atoms with Crippen LogP contribution < -0.4 is 4.80 Å². The molecule has 0 aliphatic heterocycles. The quantitative estimate of drug-likeness (QED) is 0.565. The number of benzene rings is 2. The predicted molar refractivity (Wildman–Crippen MR) is 119 cm³/mol. The highest BCUT2D eigenvalue weighted by atomic mass is 32.2. The molecule has 3 aromatic rings. The number of thiazole rings is 1. The molecule has 0 unspecified atom stereocenters. The molecular weight excluding hydrogens is 404 g/mol. The molecule has 2 aromatic carbocycles. The first-order valence-electron chi connectivity index (χ1n) is 9.71. The fourth-order valence-electron chi connectivity index (χ4n) is 3.22. The van der Waals surface area contributed by atoms with E-state index in [0.717, 1.165) is 22.3 Å². The number of rotatable bonds is 7. The highest BCUT2D eigenvalue weighted by Gasteiger charge is 2.13. The van der Waals surface area contributed by atoms with Gasteiger partial charge >= 0.3 is 0 Å². The molecule has 5 nitrogen and oxygen atoms in total. The number of nitrogens with zero attached hydrogens (tertiary/aromatic N) is 2. The van der Waals surface area contributed by atoms with Crippen LogP contribution in [0, 0.1) is 13.8 Å². The van der Waals surface area contributed by atoms with Gasteiger partial charge in [0.1, 0.15) is 0 Å². The van der Waals surface area contributed by atoms with E-state index >= 15 is 0 Å². The number of fused-ring (bicyclic) bond motifs is 1. The van der Waals surface area contributed by atoms with Crippen LogP contribution in [0.4, 0.5) is 0 Å². The summed E-state index contributed by atoms with van der Waals surface area (Å²) in [7, 11) is -3.24. The molecule has 1 amide bonds. The average Bonchev–Trinajstić information content (AvgIpc) is 2.98. The predicted octanol–water partition coefficient (Wildman–Crippen LogP) is 4.16. The zero-order valence-corrected chi connectivity index (χ0v) is 18.6. The number of aryl methyl sites for hydroxylation is 3. The maximum absolute atomic E-state index is 12.4. The molecule has 1 aromatic heterocycles. The third-order valence-corrected chi connectivity index (χ3v) is 7.64. The summed E-state index contributed by atoms with van der Waals surface area (Å²) in [6.07, 6.45) is 0.413. The summed E-state index contributed by atoms with van der Waals surface area (Å²) in [6, 6.07) is 13.4. The topological polar surface area (TPSA) is 68.5 Å². The van der Waals surface area contributed by atoms with Gasteiger partial charge < -0.3 is 4.57 Å². The first-order valence-corrected chi connectivity index (χ1v) is 12.4. The van der Waals surface area contributed by atoms with Crippen LogP contribution in [-0.2, 0) is 26.9 Å². The van der Waals surface area contributed by atoms with Gasteiger partial charge in [0.05, 0.1) is 21.7 Å². The first kappa shape index (κ1) is 21.5. The van der Waals surface area contributed by atoms with E-state index in [9.17, 15) is 13.2 Å². The standard InChI is InChI=1S/C22H26N2O3S2/c1-4-24-19-13-16(2)17(3)14-20(19)28-22(24)23-21(25)11-8-12-29(26,27)15-18-9-6-5-7-10-18/h5-7,9-10,13-14H,4,8,11-12,15H2,1-3H3. The van der Waals surface area contributed by atoms with Gasteiger partial charge in [-0.3, -0.25) is 4.79 Å². The monoisotopic (exact) mass is 430 g/mol. The second-order valence-corrected chi connectivity index (χ2v) is 10.4. The van der Waals surface area contributed by atoms with Crippen molar-refractivity contribution in [1.29, 1.82) is 0 Å². The van der Waals surface area contributed by atoms with Gasteiger partial charge in [-0.15, -0.1) is 0 Å². The molecule has 0 atom stereocenters. The van der Waals surface area contributed by atoms with Crippen LogP contribution in [0.3, 0.4) is 0 Å². The highest BCUT2D eigenvalue weighted by Crippen LogP contribution is 2.22. The molecule has 0 bridgehead atoms. The Morgan fingerprint density at radius 2 is 1.79 bits per heavy atom. The highest BCUT2D eigenvalue weighted by molar-refractivity contribution is 7.90. The summed E-state index contributed by atoms with van der Waals surface area (Å²) < 4.78 is 27.7. The average molecular weight is 431 g/mol. The molecule has 0 saturated heterocycles. The first-order chi connectivity index (χ1) is 13.8. The molecule has 154 valence electrons. The maximum Gasteiger partial charge on any atom is 0.248 e. The van der Waals surface area contributed by atoms with Gasteiger partial charge in [0.2, 0.25) is 5.91 Å². The summed E-state index contributed by atoms with van der Waals surface area (Å²) in [5.74, 6) is -0.284. The molecule has 3 rings (SSSR count). The van der Waals surface area contributed by atoms with Crippen molar-refractivity contribution < 1.29 is 13.2 Å². The van der Waals surface area contributed by atoms with Crippen molar-refractivity contribution in [3.8, 4) is 0 Å². The zero-order valence-electron chi connectivity index (χ0n) is 17.0. The summed E-state index contributed by atoms with van der Waals surface area (Å²) in [5.41, 5.74) is 4.27. The van der Waals surface area contributed by atoms with E-state index in [4.69, 9.17) is 0 Å². The molecule has 0 aliphatic rings. The van der Waals surface area contributed by atoms with Crippen molar-refractivity contribution >= 4 is 37.3 Å². The largest absolute Gasteiger partial charge is 0.317 e. The van der Waals surface area contributed by atoms with Crippen LogP contribution in [0.25, 0.3) is 10.2 Å². The van der Waals surface area contributed by atoms with Crippen molar-refractivity contribution in [2.24, 2.45) is 4.99 Å². The third-order valence-electron chi connectivity index (χ3n) is 4.91. The fraction of sp³-hybridized carbons (Fsp3) is 0.364. The van der Waals surface area contributed by atoms with Gasteiger partial charge in [0.25, 0.3) is 0 Å². The molecule has 0 spiro atoms. The van der Waals surface area contributed by atoms with Crippen molar-refractivity contribution in [2.75, 3.05) is 5.75 Å². The van der Waals surface area contributed by atoms with Crippen LogP contribution in [0.15, 0.2) is 47.5 Å². The van der Waals surface area contributed by atoms with Gasteiger partial charge in [-0.25, -0.2) is 8.42 Å². The van der Waals surface area contributed by atoms with E-state index in [1.165, 1.54) is 22.5 Å². The number of hydrogen-bond donors (Lipinski definition) is 0. The minimum Gasteiger partial charge on any atom is -0.317 e. The van der Waals surface area contributed by atoms with E-state index < -0.39 is 9.84 Å². The van der Waals surface area contributed by atoms with E-state index in [1.54, 1.807) is 12.1 Å². The lowest BCUT2D eigenvalue weighted by molar-refractivity contribution is -0.118. The second kappa shape index (κ2) is 9.05. The Balaban J connectivity index is 1.69. The number of carbonyl (C=O) groups excluding carboxylic acids is 1. The third kappa shape index (κ3) is 5.42. The fourth-order valence-corrected chi connectivity index (χ4v) is 5.84. The minimum absolute atomic E-state index is 0.00399. The molecular formula is C22H26N2O3S2. The van der Waals surface area contributed by atoms with E-state index in [2.05, 4.69) is 31.0 Å². The molecule has 1 heterocycles. The lowest BCUT2D eigenvalue weighted by Gasteiger charge is -2.04. The smallest absolute Gasteiger partial charge is 0.248 e. The molecule has 0 saturated carbocycles. The number of aromatic nitrogens is 1. The Hall–Kier alpha value is -2.25. The van der Waals surface area contributed by atoms with Gasteiger partial charge in [-0.1, -0.05) is 41.7 Å². The van der Waals surface area contributed by atoms with Crippen LogP contribution in [-0.4, -0.2) is 24.6 Å².